The predicted molar refractivity (Wildman–Crippen MR) is 70.8 cm³/mol. The molecule has 1 rings (SSSR count). The Morgan fingerprint density at radius 1 is 1.65 bits per heavy atom. The van der Waals surface area contributed by atoms with E-state index in [1.807, 2.05) is 0 Å². The number of hydrogen-bond donors (Lipinski definition) is 1. The summed E-state index contributed by atoms with van der Waals surface area (Å²) in [4.78, 5) is 0. The van der Waals surface area contributed by atoms with Gasteiger partial charge in [0.25, 0.3) is 0 Å². The van der Waals surface area contributed by atoms with Gasteiger partial charge in [-0.3, -0.25) is 5.73 Å². The molecule has 0 radical (unpaired) electrons. The van der Waals surface area contributed by atoms with Gasteiger partial charge in [-0.25, -0.2) is 0 Å². The van der Waals surface area contributed by atoms with Crippen LogP contribution in [0.15, 0.2) is 23.3 Å². The Morgan fingerprint density at radius 2 is 2.29 bits per heavy atom. The Kier molecular flexibility index (Phi) is 8.95. The maximum atomic E-state index is 7.72. The first kappa shape index (κ1) is 16.3. The molecule has 5 nitrogen and oxygen atoms in total. The second-order valence-corrected chi connectivity index (χ2v) is 3.09. The van der Waals surface area contributed by atoms with Crippen molar-refractivity contribution >= 4 is 33.1 Å². The summed E-state index contributed by atoms with van der Waals surface area (Å²) in [6.07, 6.45) is 1.42. The van der Waals surface area contributed by atoms with Crippen molar-refractivity contribution in [2.45, 2.75) is 0 Å². The van der Waals surface area contributed by atoms with Crippen molar-refractivity contribution in [3.05, 3.63) is 29.2 Å². The summed E-state index contributed by atoms with van der Waals surface area (Å²) in [6, 6.07) is 5.21. The van der Waals surface area contributed by atoms with Crippen LogP contribution in [0.1, 0.15) is 5.56 Å². The number of methoxy groups -OCH3 is 1. The minimum atomic E-state index is 0.0701. The molecule has 0 fully saturated rings. The number of benzene rings is 1. The van der Waals surface area contributed by atoms with Crippen molar-refractivity contribution in [2.75, 3.05) is 7.11 Å². The number of thiol groups is 1. The quantitative estimate of drug-likeness (QED) is 0.214. The Bertz CT molecular complexity index is 404. The Hall–Kier alpha value is -0.708. The van der Waals surface area contributed by atoms with Crippen LogP contribution in [0.5, 0.6) is 11.5 Å². The number of nitrogens with zero attached hydrogens (tertiary/aromatic N) is 2. The van der Waals surface area contributed by atoms with E-state index in [4.69, 9.17) is 15.6 Å². The Balaban J connectivity index is 0.00000121. The molecule has 0 amide bonds. The molecular weight excluding hydrogens is 356 g/mol. The third-order valence-electron chi connectivity index (χ3n) is 1.64. The van der Waals surface area contributed by atoms with E-state index in [2.05, 4.69) is 50.5 Å². The van der Waals surface area contributed by atoms with E-state index >= 15 is 0 Å². The molecule has 4 N–H and O–H groups in total. The van der Waals surface area contributed by atoms with Crippen LogP contribution >= 0.6 is 9.53 Å². The summed E-state index contributed by atoms with van der Waals surface area (Å²) in [5.41, 5.74) is 9.30. The fraction of sp³-hybridized carbons (Fsp3) is 0.111. The van der Waals surface area contributed by atoms with Gasteiger partial charge >= 0.3 is 33.5 Å². The molecule has 0 aliphatic rings. The summed E-state index contributed by atoms with van der Waals surface area (Å²) >= 11 is 5.97. The fourth-order valence-electron chi connectivity index (χ4n) is 0.976. The van der Waals surface area contributed by atoms with Crippen LogP contribution in [0.4, 0.5) is 0 Å². The fourth-order valence-corrected chi connectivity index (χ4v) is 1.03. The number of hydrogen-bond acceptors (Lipinski definition) is 2. The van der Waals surface area contributed by atoms with Crippen LogP contribution in [0, 0.1) is 0 Å². The zero-order valence-corrected chi connectivity index (χ0v) is 12.0. The van der Waals surface area contributed by atoms with Crippen LogP contribution in [-0.4, -0.2) is 23.5 Å². The average molecular weight is 368 g/mol. The van der Waals surface area contributed by atoms with Gasteiger partial charge in [-0.1, -0.05) is 6.07 Å². The summed E-state index contributed by atoms with van der Waals surface area (Å²) in [5, 5.41) is 11.5. The SMILES string of the molecule is COc1cccc(C=N[N-]C(N)=[SH+])c1[OH2+].[Cl][Pd+]. The number of ether oxygens (including phenoxy) is 1. The molecule has 0 heterocycles. The van der Waals surface area contributed by atoms with Crippen LogP contribution in [0.25, 0.3) is 5.43 Å². The van der Waals surface area contributed by atoms with Gasteiger partial charge in [-0.15, -0.1) is 0 Å². The van der Waals surface area contributed by atoms with Crippen LogP contribution in [0.3, 0.4) is 0 Å². The minimum absolute atomic E-state index is 0.0701. The van der Waals surface area contributed by atoms with Gasteiger partial charge in [-0.05, 0) is 12.1 Å². The van der Waals surface area contributed by atoms with E-state index < -0.39 is 0 Å². The summed E-state index contributed by atoms with van der Waals surface area (Å²) in [6.45, 7) is 0. The predicted octanol–water partition coefficient (Wildman–Crippen LogP) is 0.853. The number of rotatable bonds is 3. The van der Waals surface area contributed by atoms with Crippen molar-refractivity contribution in [2.24, 2.45) is 10.8 Å². The van der Waals surface area contributed by atoms with Crippen molar-refractivity contribution in [3.63, 3.8) is 0 Å². The molecule has 96 valence electrons. The second kappa shape index (κ2) is 9.34. The zero-order chi connectivity index (χ0) is 13.3. The van der Waals surface area contributed by atoms with Crippen molar-refractivity contribution in [1.82, 2.24) is 0 Å². The molecule has 0 unspecified atom stereocenters. The molecule has 0 atom stereocenters. The zero-order valence-electron chi connectivity index (χ0n) is 8.83. The van der Waals surface area contributed by atoms with E-state index in [9.17, 15) is 0 Å². The number of nitrogens with two attached hydrogens (primary N) is 1. The third-order valence-corrected chi connectivity index (χ3v) is 1.72. The van der Waals surface area contributed by atoms with E-state index in [0.717, 1.165) is 0 Å². The molecular formula is C9H12ClN3O2PdS+2. The molecule has 0 bridgehead atoms. The molecule has 0 aromatic heterocycles. The Morgan fingerprint density at radius 3 is 2.82 bits per heavy atom. The van der Waals surface area contributed by atoms with Gasteiger partial charge < -0.3 is 20.4 Å². The topological polar surface area (TPSA) is 84.6 Å². The van der Waals surface area contributed by atoms with Crippen LogP contribution in [-0.2, 0) is 30.4 Å². The molecule has 0 aliphatic carbocycles. The molecule has 0 saturated heterocycles. The van der Waals surface area contributed by atoms with Crippen molar-refractivity contribution in [1.29, 1.82) is 0 Å². The van der Waals surface area contributed by atoms with Gasteiger partial charge in [-0.2, -0.15) is 0 Å². The average Bonchev–Trinajstić information content (AvgIpc) is 2.33. The van der Waals surface area contributed by atoms with Gasteiger partial charge in [0.15, 0.2) is 17.3 Å². The van der Waals surface area contributed by atoms with E-state index in [1.54, 1.807) is 18.2 Å². The number of para-hydroxylation sites is 1. The molecule has 0 spiro atoms. The normalized spacial score (nSPS) is 9.47. The van der Waals surface area contributed by atoms with Gasteiger partial charge in [0.05, 0.1) is 12.7 Å². The van der Waals surface area contributed by atoms with E-state index in [1.165, 1.54) is 13.3 Å². The third kappa shape index (κ3) is 5.96. The van der Waals surface area contributed by atoms with Gasteiger partial charge in [0, 0.05) is 6.21 Å². The van der Waals surface area contributed by atoms with E-state index in [0.29, 0.717) is 11.3 Å². The summed E-state index contributed by atoms with van der Waals surface area (Å²) in [7, 11) is 6.00. The molecule has 0 aliphatic heterocycles. The summed E-state index contributed by atoms with van der Waals surface area (Å²) < 4.78 is 4.99. The first-order valence-corrected chi connectivity index (χ1v) is 6.66. The standard InChI is InChI=1S/C9H11N3O2S.ClH.Pd/c1-14-7-4-2-3-6(8(7)13)5-11-12-9(10)15;;/h2-5H,1H3,(H4,10,11,12,13,15);1H;/q;;+2. The molecule has 1 aromatic carbocycles. The first-order valence-electron chi connectivity index (χ1n) is 4.21. The van der Waals surface area contributed by atoms with Crippen LogP contribution < -0.4 is 10.5 Å². The van der Waals surface area contributed by atoms with Crippen LogP contribution in [0.2, 0.25) is 0 Å². The second-order valence-electron chi connectivity index (χ2n) is 2.63. The first-order chi connectivity index (χ1) is 8.15. The maximum absolute atomic E-state index is 7.72. The summed E-state index contributed by atoms with van der Waals surface area (Å²) in [5.74, 6) is 0.749. The molecule has 1 aromatic rings. The van der Waals surface area contributed by atoms with Crippen molar-refractivity contribution in [3.8, 4) is 11.5 Å². The van der Waals surface area contributed by atoms with Gasteiger partial charge in [0.2, 0.25) is 5.75 Å². The monoisotopic (exact) mass is 367 g/mol. The molecule has 17 heavy (non-hydrogen) atoms. The van der Waals surface area contributed by atoms with E-state index in [-0.39, 0.29) is 10.9 Å². The van der Waals surface area contributed by atoms with Crippen molar-refractivity contribution < 1.29 is 28.0 Å². The molecule has 8 heteroatoms. The number of halogens is 1. The van der Waals surface area contributed by atoms with Gasteiger partial charge in [0.1, 0.15) is 0 Å². The molecule has 0 saturated carbocycles. The Labute approximate surface area is 119 Å².